The van der Waals surface area contributed by atoms with E-state index in [1.54, 1.807) is 0 Å². The monoisotopic (exact) mass is 283 g/mol. The smallest absolute Gasteiger partial charge is 0.394 e. The van der Waals surface area contributed by atoms with Crippen molar-refractivity contribution in [1.82, 2.24) is 4.90 Å². The highest BCUT2D eigenvalue weighted by Gasteiger charge is 2.53. The topological polar surface area (TPSA) is 57.6 Å². The number of amides is 1. The van der Waals surface area contributed by atoms with Crippen LogP contribution in [0.2, 0.25) is 0 Å². The number of hydrogen-bond acceptors (Lipinski definition) is 2. The van der Waals surface area contributed by atoms with Crippen LogP contribution >= 0.6 is 0 Å². The van der Waals surface area contributed by atoms with Crippen molar-refractivity contribution in [1.29, 1.82) is 0 Å². The van der Waals surface area contributed by atoms with Gasteiger partial charge in [0.25, 0.3) is 5.91 Å². The minimum atomic E-state index is -4.74. The number of alkyl halides is 3. The lowest BCUT2D eigenvalue weighted by molar-refractivity contribution is -0.188. The number of carboxylic acids is 1. The molecule has 0 unspecified atom stereocenters. The third-order valence-corrected chi connectivity index (χ3v) is 2.97. The predicted octanol–water partition coefficient (Wildman–Crippen LogP) is 1.97. The molecule has 19 heavy (non-hydrogen) atoms. The lowest BCUT2D eigenvalue weighted by Gasteiger charge is -2.18. The largest absolute Gasteiger partial charge is 0.481 e. The first-order valence-electron chi connectivity index (χ1n) is 5.47. The fourth-order valence-electron chi connectivity index (χ4n) is 1.90. The second kappa shape index (κ2) is 5.18. The average Bonchev–Trinajstić information content (AvgIpc) is 2.71. The summed E-state index contributed by atoms with van der Waals surface area (Å²) in [4.78, 5) is 22.9. The molecule has 1 aliphatic heterocycles. The van der Waals surface area contributed by atoms with Gasteiger partial charge in [0.2, 0.25) is 0 Å². The van der Waals surface area contributed by atoms with Crippen LogP contribution in [0.5, 0.6) is 0 Å². The van der Waals surface area contributed by atoms with Gasteiger partial charge in [-0.15, -0.1) is 0 Å². The summed E-state index contributed by atoms with van der Waals surface area (Å²) in [5.41, 5.74) is 0.0346. The summed E-state index contributed by atoms with van der Waals surface area (Å²) in [5.74, 6) is -7.91. The molecule has 1 saturated heterocycles. The highest BCUT2D eigenvalue weighted by atomic mass is 19.4. The van der Waals surface area contributed by atoms with Crippen LogP contribution in [0.25, 0.3) is 0 Å². The SMILES string of the molecule is CC(C)=C(F)C(=O)N1C[C@@H](C(F)(F)F)[C@H](C(=O)O)C1. The molecule has 0 aromatic carbocycles. The fourth-order valence-corrected chi connectivity index (χ4v) is 1.90. The normalized spacial score (nSPS) is 23.4. The predicted molar refractivity (Wildman–Crippen MR) is 56.7 cm³/mol. The van der Waals surface area contributed by atoms with Crippen molar-refractivity contribution in [3.8, 4) is 0 Å². The van der Waals surface area contributed by atoms with E-state index in [0.717, 1.165) is 0 Å². The first kappa shape index (κ1) is 15.5. The summed E-state index contributed by atoms with van der Waals surface area (Å²) < 4.78 is 51.4. The van der Waals surface area contributed by atoms with Crippen LogP contribution in [-0.2, 0) is 9.59 Å². The summed E-state index contributed by atoms with van der Waals surface area (Å²) in [6.45, 7) is 1.14. The van der Waals surface area contributed by atoms with E-state index in [1.807, 2.05) is 0 Å². The zero-order valence-corrected chi connectivity index (χ0v) is 10.3. The number of halogens is 4. The number of carboxylic acid groups (broad SMARTS) is 1. The Morgan fingerprint density at radius 3 is 2.05 bits per heavy atom. The van der Waals surface area contributed by atoms with Crippen LogP contribution in [0.3, 0.4) is 0 Å². The number of allylic oxidation sites excluding steroid dienone is 1. The Hall–Kier alpha value is -1.60. The molecule has 0 aliphatic carbocycles. The van der Waals surface area contributed by atoms with Crippen LogP contribution in [0, 0.1) is 11.8 Å². The molecule has 0 radical (unpaired) electrons. The molecular weight excluding hydrogens is 270 g/mol. The van der Waals surface area contributed by atoms with Crippen molar-refractivity contribution >= 4 is 11.9 Å². The maximum atomic E-state index is 13.4. The molecule has 0 bridgehead atoms. The Bertz CT molecular complexity index is 426. The van der Waals surface area contributed by atoms with Crippen molar-refractivity contribution < 1.29 is 32.3 Å². The molecule has 8 heteroatoms. The van der Waals surface area contributed by atoms with E-state index in [9.17, 15) is 27.2 Å². The molecule has 0 spiro atoms. The minimum absolute atomic E-state index is 0.0346. The second-order valence-corrected chi connectivity index (χ2v) is 4.62. The van der Waals surface area contributed by atoms with Gasteiger partial charge in [-0.2, -0.15) is 13.2 Å². The molecule has 0 aromatic heterocycles. The fraction of sp³-hybridized carbons (Fsp3) is 0.636. The molecule has 108 valence electrons. The van der Waals surface area contributed by atoms with Gasteiger partial charge in [0.05, 0.1) is 11.8 Å². The molecule has 0 aromatic rings. The zero-order chi connectivity index (χ0) is 15.0. The molecule has 1 N–H and O–H groups in total. The van der Waals surface area contributed by atoms with Crippen molar-refractivity contribution in [2.24, 2.45) is 11.8 Å². The quantitative estimate of drug-likeness (QED) is 0.622. The summed E-state index contributed by atoms with van der Waals surface area (Å²) >= 11 is 0. The molecule has 1 fully saturated rings. The molecule has 1 amide bonds. The molecule has 4 nitrogen and oxygen atoms in total. The number of carbonyl (C=O) groups is 2. The Balaban J connectivity index is 2.97. The highest BCUT2D eigenvalue weighted by molar-refractivity contribution is 5.92. The van der Waals surface area contributed by atoms with Crippen molar-refractivity contribution in [2.45, 2.75) is 20.0 Å². The van der Waals surface area contributed by atoms with Gasteiger partial charge >= 0.3 is 12.1 Å². The van der Waals surface area contributed by atoms with Crippen LogP contribution in [0.4, 0.5) is 17.6 Å². The van der Waals surface area contributed by atoms with Gasteiger partial charge < -0.3 is 10.0 Å². The number of rotatable bonds is 2. The number of aliphatic carboxylic acids is 1. The van der Waals surface area contributed by atoms with Crippen LogP contribution in [0.15, 0.2) is 11.4 Å². The van der Waals surface area contributed by atoms with Gasteiger partial charge in [-0.1, -0.05) is 0 Å². The van der Waals surface area contributed by atoms with E-state index in [4.69, 9.17) is 5.11 Å². The lowest BCUT2D eigenvalue weighted by atomic mass is 9.96. The van der Waals surface area contributed by atoms with E-state index in [-0.39, 0.29) is 5.57 Å². The maximum Gasteiger partial charge on any atom is 0.394 e. The molecule has 0 saturated carbocycles. The molecule has 1 heterocycles. The number of hydrogen-bond donors (Lipinski definition) is 1. The third kappa shape index (κ3) is 3.24. The Morgan fingerprint density at radius 2 is 1.74 bits per heavy atom. The zero-order valence-electron chi connectivity index (χ0n) is 10.3. The van der Waals surface area contributed by atoms with Crippen LogP contribution in [-0.4, -0.2) is 41.1 Å². The number of carbonyl (C=O) groups excluding carboxylic acids is 1. The first-order chi connectivity index (χ1) is 8.55. The molecular formula is C11H13F4NO3. The summed E-state index contributed by atoms with van der Waals surface area (Å²) in [6.07, 6.45) is -4.74. The summed E-state index contributed by atoms with van der Waals surface area (Å²) in [7, 11) is 0. The van der Waals surface area contributed by atoms with Crippen LogP contribution in [0.1, 0.15) is 13.8 Å². The minimum Gasteiger partial charge on any atom is -0.481 e. The molecule has 1 rings (SSSR count). The first-order valence-corrected chi connectivity index (χ1v) is 5.47. The van der Waals surface area contributed by atoms with Gasteiger partial charge in [0, 0.05) is 13.1 Å². The van der Waals surface area contributed by atoms with E-state index < -0.39 is 48.8 Å². The van der Waals surface area contributed by atoms with Gasteiger partial charge in [-0.05, 0) is 19.4 Å². The lowest BCUT2D eigenvalue weighted by Crippen LogP contribution is -2.34. The highest BCUT2D eigenvalue weighted by Crippen LogP contribution is 2.38. The summed E-state index contributed by atoms with van der Waals surface area (Å²) in [5, 5.41) is 8.75. The van der Waals surface area contributed by atoms with Crippen LogP contribution < -0.4 is 0 Å². The van der Waals surface area contributed by atoms with Gasteiger partial charge in [-0.3, -0.25) is 9.59 Å². The van der Waals surface area contributed by atoms with Gasteiger partial charge in [-0.25, -0.2) is 4.39 Å². The number of likely N-dealkylation sites (tertiary alicyclic amines) is 1. The second-order valence-electron chi connectivity index (χ2n) is 4.62. The van der Waals surface area contributed by atoms with E-state index >= 15 is 0 Å². The summed E-state index contributed by atoms with van der Waals surface area (Å²) in [6, 6.07) is 0. The number of nitrogens with zero attached hydrogens (tertiary/aromatic N) is 1. The average molecular weight is 283 g/mol. The standard InChI is InChI=1S/C11H13F4NO3/c1-5(2)8(12)9(17)16-3-6(10(18)19)7(4-16)11(13,14)15/h6-7H,3-4H2,1-2H3,(H,18,19)/t6-,7-/m1/s1. The Labute approximate surface area is 106 Å². The molecule has 2 atom stereocenters. The van der Waals surface area contributed by atoms with Crippen molar-refractivity contribution in [3.63, 3.8) is 0 Å². The van der Waals surface area contributed by atoms with Gasteiger partial charge in [0.1, 0.15) is 0 Å². The Morgan fingerprint density at radius 1 is 1.21 bits per heavy atom. The van der Waals surface area contributed by atoms with E-state index in [2.05, 4.69) is 0 Å². The third-order valence-electron chi connectivity index (χ3n) is 2.97. The maximum absolute atomic E-state index is 13.4. The van der Waals surface area contributed by atoms with Crippen molar-refractivity contribution in [3.05, 3.63) is 11.4 Å². The van der Waals surface area contributed by atoms with E-state index in [1.165, 1.54) is 13.8 Å². The van der Waals surface area contributed by atoms with Gasteiger partial charge in [0.15, 0.2) is 5.83 Å². The molecule has 1 aliphatic rings. The van der Waals surface area contributed by atoms with Crippen molar-refractivity contribution in [2.75, 3.05) is 13.1 Å². The van der Waals surface area contributed by atoms with E-state index in [0.29, 0.717) is 4.90 Å². The Kier molecular flexibility index (Phi) is 4.21.